The van der Waals surface area contributed by atoms with Crippen LogP contribution in [0.25, 0.3) is 0 Å². The van der Waals surface area contributed by atoms with Crippen molar-refractivity contribution in [2.75, 3.05) is 19.0 Å². The van der Waals surface area contributed by atoms with E-state index in [9.17, 15) is 9.59 Å². The molecule has 116 valence electrons. The second-order valence-corrected chi connectivity index (χ2v) is 4.15. The molecule has 0 bridgehead atoms. The zero-order chi connectivity index (χ0) is 16.1. The molecular formula is C13H15N5O4. The molecule has 9 nitrogen and oxygen atoms in total. The molecule has 22 heavy (non-hydrogen) atoms. The van der Waals surface area contributed by atoms with Crippen LogP contribution in [-0.2, 0) is 11.8 Å². The topological polar surface area (TPSA) is 108 Å². The normalized spacial score (nSPS) is 10.1. The number of carbonyl (C=O) groups is 2. The Kier molecular flexibility index (Phi) is 4.66. The third-order valence-electron chi connectivity index (χ3n) is 2.75. The summed E-state index contributed by atoms with van der Waals surface area (Å²) in [6, 6.07) is 1.38. The number of hydrogen-bond acceptors (Lipinski definition) is 7. The van der Waals surface area contributed by atoms with E-state index in [1.165, 1.54) is 30.4 Å². The van der Waals surface area contributed by atoms with Gasteiger partial charge in [0.05, 0.1) is 19.9 Å². The summed E-state index contributed by atoms with van der Waals surface area (Å²) in [5, 5.41) is 6.52. The number of nitrogens with zero attached hydrogens (tertiary/aromatic N) is 4. The molecule has 0 spiro atoms. The lowest BCUT2D eigenvalue weighted by Crippen LogP contribution is -2.18. The van der Waals surface area contributed by atoms with Crippen molar-refractivity contribution in [3.05, 3.63) is 29.8 Å². The standard InChI is InChI=1S/C13H15N5O4/c1-4-22-13(20)8-6-16-18(2)11(8)17-12(19)9-5-10(21-3)15-7-14-9/h5-7H,4H2,1-3H3,(H,17,19). The highest BCUT2D eigenvalue weighted by Gasteiger charge is 2.20. The first kappa shape index (κ1) is 15.4. The number of rotatable bonds is 5. The number of amides is 1. The van der Waals surface area contributed by atoms with Crippen molar-refractivity contribution < 1.29 is 19.1 Å². The molecule has 9 heteroatoms. The van der Waals surface area contributed by atoms with E-state index in [0.717, 1.165) is 0 Å². The summed E-state index contributed by atoms with van der Waals surface area (Å²) in [4.78, 5) is 31.7. The molecule has 2 aromatic heterocycles. The Morgan fingerprint density at radius 1 is 1.36 bits per heavy atom. The van der Waals surface area contributed by atoms with Crippen molar-refractivity contribution in [3.63, 3.8) is 0 Å². The van der Waals surface area contributed by atoms with E-state index in [0.29, 0.717) is 0 Å². The number of esters is 1. The Labute approximate surface area is 126 Å². The zero-order valence-corrected chi connectivity index (χ0v) is 12.4. The molecule has 0 saturated carbocycles. The van der Waals surface area contributed by atoms with Crippen LogP contribution < -0.4 is 10.1 Å². The van der Waals surface area contributed by atoms with Gasteiger partial charge in [0, 0.05) is 13.1 Å². The van der Waals surface area contributed by atoms with Gasteiger partial charge in [-0.15, -0.1) is 0 Å². The van der Waals surface area contributed by atoms with Crippen LogP contribution in [0.4, 0.5) is 5.82 Å². The van der Waals surface area contributed by atoms with Crippen molar-refractivity contribution in [2.45, 2.75) is 6.92 Å². The number of anilines is 1. The zero-order valence-electron chi connectivity index (χ0n) is 12.4. The molecule has 0 atom stereocenters. The average Bonchev–Trinajstić information content (AvgIpc) is 2.88. The van der Waals surface area contributed by atoms with E-state index < -0.39 is 11.9 Å². The molecule has 1 N–H and O–H groups in total. The van der Waals surface area contributed by atoms with Gasteiger partial charge in [-0.1, -0.05) is 0 Å². The molecule has 2 aromatic rings. The van der Waals surface area contributed by atoms with E-state index in [-0.39, 0.29) is 29.6 Å². The van der Waals surface area contributed by atoms with Crippen LogP contribution in [0.3, 0.4) is 0 Å². The van der Waals surface area contributed by atoms with Crippen LogP contribution in [0.2, 0.25) is 0 Å². The van der Waals surface area contributed by atoms with E-state index in [1.807, 2.05) is 0 Å². The van der Waals surface area contributed by atoms with Gasteiger partial charge in [0.15, 0.2) is 0 Å². The number of hydrogen-bond donors (Lipinski definition) is 1. The molecule has 0 unspecified atom stereocenters. The lowest BCUT2D eigenvalue weighted by molar-refractivity contribution is 0.0527. The highest BCUT2D eigenvalue weighted by Crippen LogP contribution is 2.17. The molecule has 0 aliphatic carbocycles. The molecule has 2 rings (SSSR count). The summed E-state index contributed by atoms with van der Waals surface area (Å²) in [5.74, 6) is -0.599. The molecule has 0 aliphatic rings. The summed E-state index contributed by atoms with van der Waals surface area (Å²) in [7, 11) is 3.03. The lowest BCUT2D eigenvalue weighted by atomic mass is 10.3. The van der Waals surface area contributed by atoms with Gasteiger partial charge in [-0.25, -0.2) is 14.8 Å². The Morgan fingerprint density at radius 2 is 2.14 bits per heavy atom. The number of aryl methyl sites for hydroxylation is 1. The largest absolute Gasteiger partial charge is 0.481 e. The first-order valence-corrected chi connectivity index (χ1v) is 6.43. The minimum absolute atomic E-state index is 0.0999. The molecule has 0 aliphatic heterocycles. The van der Waals surface area contributed by atoms with Gasteiger partial charge in [0.2, 0.25) is 5.88 Å². The fourth-order valence-corrected chi connectivity index (χ4v) is 1.69. The van der Waals surface area contributed by atoms with Gasteiger partial charge in [-0.3, -0.25) is 9.48 Å². The van der Waals surface area contributed by atoms with E-state index >= 15 is 0 Å². The number of methoxy groups -OCH3 is 1. The summed E-state index contributed by atoms with van der Waals surface area (Å²) in [5.41, 5.74) is 0.265. The maximum absolute atomic E-state index is 12.2. The molecule has 2 heterocycles. The van der Waals surface area contributed by atoms with Crippen LogP contribution in [0.1, 0.15) is 27.8 Å². The predicted molar refractivity (Wildman–Crippen MR) is 75.7 cm³/mol. The molecule has 0 radical (unpaired) electrons. The molecule has 0 aromatic carbocycles. The monoisotopic (exact) mass is 305 g/mol. The maximum atomic E-state index is 12.2. The second-order valence-electron chi connectivity index (χ2n) is 4.15. The fourth-order valence-electron chi connectivity index (χ4n) is 1.69. The highest BCUT2D eigenvalue weighted by molar-refractivity contribution is 6.06. The first-order valence-electron chi connectivity index (χ1n) is 6.43. The van der Waals surface area contributed by atoms with Crippen LogP contribution in [0, 0.1) is 0 Å². The molecule has 0 fully saturated rings. The second kappa shape index (κ2) is 6.66. The Hall–Kier alpha value is -2.97. The quantitative estimate of drug-likeness (QED) is 0.808. The van der Waals surface area contributed by atoms with Crippen LogP contribution in [-0.4, -0.2) is 45.3 Å². The predicted octanol–water partition coefficient (Wildman–Crippen LogP) is 0.648. The smallest absolute Gasteiger partial charge is 0.343 e. The van der Waals surface area contributed by atoms with Gasteiger partial charge in [-0.2, -0.15) is 5.10 Å². The van der Waals surface area contributed by atoms with E-state index in [4.69, 9.17) is 9.47 Å². The third kappa shape index (κ3) is 3.19. The van der Waals surface area contributed by atoms with Crippen molar-refractivity contribution >= 4 is 17.7 Å². The number of aromatic nitrogens is 4. The summed E-state index contributed by atoms with van der Waals surface area (Å²) in [6.07, 6.45) is 2.54. The van der Waals surface area contributed by atoms with Crippen LogP contribution in [0.5, 0.6) is 5.88 Å². The van der Waals surface area contributed by atoms with E-state index in [2.05, 4.69) is 20.4 Å². The Balaban J connectivity index is 2.24. The lowest BCUT2D eigenvalue weighted by Gasteiger charge is -2.08. The van der Waals surface area contributed by atoms with Gasteiger partial charge in [-0.05, 0) is 6.92 Å². The SMILES string of the molecule is CCOC(=O)c1cnn(C)c1NC(=O)c1cc(OC)ncn1. The van der Waals surface area contributed by atoms with Gasteiger partial charge >= 0.3 is 5.97 Å². The Morgan fingerprint density at radius 3 is 2.82 bits per heavy atom. The van der Waals surface area contributed by atoms with Crippen molar-refractivity contribution in [1.29, 1.82) is 0 Å². The minimum atomic E-state index is -0.564. The third-order valence-corrected chi connectivity index (χ3v) is 2.75. The van der Waals surface area contributed by atoms with Crippen LogP contribution in [0.15, 0.2) is 18.6 Å². The maximum Gasteiger partial charge on any atom is 0.343 e. The first-order chi connectivity index (χ1) is 10.6. The summed E-state index contributed by atoms with van der Waals surface area (Å²) in [6.45, 7) is 1.92. The summed E-state index contributed by atoms with van der Waals surface area (Å²) < 4.78 is 11.2. The van der Waals surface area contributed by atoms with E-state index in [1.54, 1.807) is 14.0 Å². The van der Waals surface area contributed by atoms with Gasteiger partial charge < -0.3 is 14.8 Å². The average molecular weight is 305 g/mol. The van der Waals surface area contributed by atoms with Crippen molar-refractivity contribution in [2.24, 2.45) is 7.05 Å². The molecule has 0 saturated heterocycles. The number of carbonyl (C=O) groups excluding carboxylic acids is 2. The minimum Gasteiger partial charge on any atom is -0.481 e. The molecule has 1 amide bonds. The Bertz CT molecular complexity index is 697. The number of nitrogens with one attached hydrogen (secondary N) is 1. The molecular weight excluding hydrogens is 290 g/mol. The van der Waals surface area contributed by atoms with Gasteiger partial charge in [0.1, 0.15) is 23.4 Å². The number of ether oxygens (including phenoxy) is 2. The van der Waals surface area contributed by atoms with Crippen molar-refractivity contribution in [1.82, 2.24) is 19.7 Å². The highest BCUT2D eigenvalue weighted by atomic mass is 16.5. The van der Waals surface area contributed by atoms with Crippen molar-refractivity contribution in [3.8, 4) is 5.88 Å². The fraction of sp³-hybridized carbons (Fsp3) is 0.308. The van der Waals surface area contributed by atoms with Gasteiger partial charge in [0.25, 0.3) is 5.91 Å². The van der Waals surface area contributed by atoms with Crippen LogP contribution >= 0.6 is 0 Å². The summed E-state index contributed by atoms with van der Waals surface area (Å²) >= 11 is 0.